The second kappa shape index (κ2) is 44.5. The third-order valence-electron chi connectivity index (χ3n) is 15.9. The van der Waals surface area contributed by atoms with Crippen molar-refractivity contribution in [2.75, 3.05) is 48.1 Å². The minimum absolute atomic E-state index is 0. The first-order valence-electron chi connectivity index (χ1n) is 33.6. The van der Waals surface area contributed by atoms with Gasteiger partial charge < -0.3 is 45.6 Å². The summed E-state index contributed by atoms with van der Waals surface area (Å²) in [5.41, 5.74) is 6.42. The Morgan fingerprint density at radius 3 is 1.08 bits per heavy atom. The van der Waals surface area contributed by atoms with Crippen molar-refractivity contribution in [3.8, 4) is 51.7 Å². The van der Waals surface area contributed by atoms with Gasteiger partial charge in [0.05, 0.1) is 52.1 Å². The highest BCUT2D eigenvalue weighted by Crippen LogP contribution is 2.42. The Bertz CT molecular complexity index is 5370. The van der Waals surface area contributed by atoms with Crippen LogP contribution in [0.5, 0.6) is 51.7 Å². The number of phenols is 8. The molecule has 7 aromatic carbocycles. The Balaban J connectivity index is 0.000000188. The Morgan fingerprint density at radius 1 is 0.393 bits per heavy atom. The zero-order valence-corrected chi connectivity index (χ0v) is 73.7. The van der Waals surface area contributed by atoms with E-state index in [9.17, 15) is 48.9 Å². The van der Waals surface area contributed by atoms with Gasteiger partial charge in [0.2, 0.25) is 0 Å². The summed E-state index contributed by atoms with van der Waals surface area (Å²) in [7, 11) is 8.09. The van der Waals surface area contributed by atoms with E-state index in [0.717, 1.165) is 52.3 Å². The van der Waals surface area contributed by atoms with Crippen LogP contribution in [0.15, 0.2) is 196 Å². The molecule has 0 bridgehead atoms. The van der Waals surface area contributed by atoms with Crippen LogP contribution in [0, 0.1) is 6.92 Å². The number of ketones is 2. The number of ether oxygens (including phenoxy) is 1. The molecule has 21 nitrogen and oxygen atoms in total. The van der Waals surface area contributed by atoms with Crippen LogP contribution in [0.1, 0.15) is 65.3 Å². The first-order chi connectivity index (χ1) is 55.0. The molecule has 7 aromatic rings. The molecule has 0 aliphatic carbocycles. The third kappa shape index (κ3) is 27.1. The molecule has 7 aliphatic heterocycles. The zero-order valence-electron chi connectivity index (χ0n) is 62.3. The van der Waals surface area contributed by atoms with Crippen LogP contribution in [0.3, 0.4) is 0 Å². The fourth-order valence-electron chi connectivity index (χ4n) is 9.63. The van der Waals surface area contributed by atoms with Crippen molar-refractivity contribution in [2.24, 2.45) is 0 Å². The number of Topliss-reactive ketones (excluding diaryl/α,β-unsaturated/α-hetero) is 1. The molecule has 117 heavy (non-hydrogen) atoms. The van der Waals surface area contributed by atoms with Crippen molar-refractivity contribution in [3.05, 3.63) is 241 Å². The lowest BCUT2D eigenvalue weighted by molar-refractivity contribution is -0.122. The molecule has 8 N–H and O–H groups in total. The van der Waals surface area contributed by atoms with Crippen LogP contribution in [0.4, 0.5) is 0 Å². The second-order valence-corrected chi connectivity index (χ2v) is 36.7. The molecule has 7 heterocycles. The van der Waals surface area contributed by atoms with E-state index in [-0.39, 0.29) is 94.5 Å². The molecular formula is C82H73N5O16S14. The SMILES string of the molecule is C.CCN1C(=O)/C(=C/c2ccc(O)cc2)SC1=S.CN1C(=O)/C(=C/c2ccc(O)cc2)SC1=S.CN1C(=O)/C(=C/c2ccc(O)cc2O)SC1=S.COc1cc(O)ccc1/C=C1\SC(=S)N(C)C1=O.CSC1=CC(=O)/C(=C/c2ccc(O)cc2)S1.Cc1cc(/C=C2\SC(=S)N(C)C2=O)ccc1O.O=C1CC(=S)S/C1=C\c1ccc(O)cc1. The van der Waals surface area contributed by atoms with E-state index in [1.165, 1.54) is 133 Å². The summed E-state index contributed by atoms with van der Waals surface area (Å²) in [6.07, 6.45) is 16.2. The number of methoxy groups -OCH3 is 1. The number of carbonyl (C=O) groups excluding carboxylic acids is 7. The van der Waals surface area contributed by atoms with E-state index in [1.54, 1.807) is 209 Å². The molecule has 35 heteroatoms. The van der Waals surface area contributed by atoms with Crippen LogP contribution in [-0.2, 0) is 33.6 Å². The van der Waals surface area contributed by atoms with E-state index in [4.69, 9.17) is 104 Å². The van der Waals surface area contributed by atoms with Gasteiger partial charge in [0.25, 0.3) is 29.5 Å². The van der Waals surface area contributed by atoms with Crippen LogP contribution in [-0.4, -0.2) is 180 Å². The normalized spacial score (nSPS) is 18.1. The fraction of sp³-hybridized carbons (Fsp3) is 0.134. The first kappa shape index (κ1) is 94.8. The maximum atomic E-state index is 11.9. The zero-order chi connectivity index (χ0) is 84.9. The number of nitrogens with zero attached hydrogens (tertiary/aromatic N) is 5. The van der Waals surface area contributed by atoms with Gasteiger partial charge in [-0.1, -0.05) is 218 Å². The number of benzene rings is 7. The Kier molecular flexibility index (Phi) is 36.1. The molecule has 0 saturated carbocycles. The summed E-state index contributed by atoms with van der Waals surface area (Å²) in [4.78, 5) is 93.5. The maximum absolute atomic E-state index is 11.9. The number of likely N-dealkylation sites (N-methyl/N-ethyl adjacent to an activating group) is 5. The van der Waals surface area contributed by atoms with Gasteiger partial charge in [-0.2, -0.15) is 0 Å². The summed E-state index contributed by atoms with van der Waals surface area (Å²) in [5, 5.41) is 74.1. The number of hydrogen-bond donors (Lipinski definition) is 8. The van der Waals surface area contributed by atoms with Gasteiger partial charge in [-0.3, -0.25) is 58.1 Å². The molecule has 0 radical (unpaired) electrons. The highest BCUT2D eigenvalue weighted by atomic mass is 32.2. The van der Waals surface area contributed by atoms with Crippen molar-refractivity contribution in [1.29, 1.82) is 0 Å². The Labute approximate surface area is 741 Å². The van der Waals surface area contributed by atoms with Crippen molar-refractivity contribution in [3.63, 3.8) is 0 Å². The van der Waals surface area contributed by atoms with E-state index in [1.807, 2.05) is 32.2 Å². The van der Waals surface area contributed by atoms with Crippen LogP contribution >= 0.6 is 167 Å². The highest BCUT2D eigenvalue weighted by Gasteiger charge is 2.34. The number of allylic oxidation sites excluding steroid dienone is 3. The lowest BCUT2D eigenvalue weighted by Crippen LogP contribution is -2.27. The molecule has 0 unspecified atom stereocenters. The quantitative estimate of drug-likeness (QED) is 0.0466. The number of rotatable bonds is 10. The smallest absolute Gasteiger partial charge is 0.266 e. The summed E-state index contributed by atoms with van der Waals surface area (Å²) >= 11 is 40.9. The summed E-state index contributed by atoms with van der Waals surface area (Å²) in [5.74, 6) is 1.28. The number of carbonyl (C=O) groups is 7. The number of phenolic OH excluding ortho intramolecular Hbond substituents is 8. The number of amides is 5. The van der Waals surface area contributed by atoms with Crippen LogP contribution in [0.25, 0.3) is 42.5 Å². The predicted molar refractivity (Wildman–Crippen MR) is 506 cm³/mol. The molecule has 14 rings (SSSR count). The van der Waals surface area contributed by atoms with Crippen LogP contribution in [0.2, 0.25) is 0 Å². The molecule has 0 atom stereocenters. The number of thiocarbonyl (C=S) groups is 6. The highest BCUT2D eigenvalue weighted by molar-refractivity contribution is 8.29. The second-order valence-electron chi connectivity index (χ2n) is 24.2. The molecule has 7 aliphatic rings. The monoisotopic (exact) mass is 1830 g/mol. The standard InChI is InChI=1S/C12H11NO3S2.2C12H11NO2S2.C12H10O2S2.C11H9NO3S2.C11H9NO2S2.C11H8O2S2.CH4/c1-13-11(15)10(18-12(13)17)5-7-3-4-8(14)6-9(7)16-2;1-7-5-8(3-4-9(7)14)6-10-11(15)13(2)12(16)17-10;1-2-13-11(15)10(17-12(13)16)7-8-3-5-9(14)6-4-8;1-15-12-7-10(14)11(16-12)6-8-2-4-9(13)5-3-8;1-12-10(15)9(17-11(12)16)4-6-2-3-7(13)5-8(6)14;1-12-10(14)9(16-11(12)15)6-7-2-4-8(13)5-3-7;12-8-3-1-7(2-4-8)5-10-9(13)6-11(14)15-10;/h3-6,14H,1-2H3;3-6,14H,1-2H3;3-7,14H,2H2,1H3;2-7,13H,1H3;2-5,13-14H,1H3;2-6,13H,1H3;1-5,12H,6H2;1H4/b10-5-;10-6-;10-7-;11-6-;9-4-;9-6-;10-5-;. The van der Waals surface area contributed by atoms with Gasteiger partial charge in [0.15, 0.2) is 11.6 Å². The molecule has 5 amide bonds. The summed E-state index contributed by atoms with van der Waals surface area (Å²) in [6.45, 7) is 4.31. The van der Waals surface area contributed by atoms with Crippen molar-refractivity contribution in [2.45, 2.75) is 27.7 Å². The van der Waals surface area contributed by atoms with Crippen molar-refractivity contribution < 1.29 is 79.2 Å². The van der Waals surface area contributed by atoms with Gasteiger partial charge in [0.1, 0.15) is 73.3 Å². The summed E-state index contributed by atoms with van der Waals surface area (Å²) < 4.78 is 9.65. The molecular weight excluding hydrogens is 1760 g/mol. The van der Waals surface area contributed by atoms with Gasteiger partial charge in [-0.25, -0.2) is 0 Å². The molecule has 6 fully saturated rings. The van der Waals surface area contributed by atoms with Crippen molar-refractivity contribution >= 4 is 277 Å². The minimum atomic E-state index is -0.188. The van der Waals surface area contributed by atoms with Crippen LogP contribution < -0.4 is 4.74 Å². The van der Waals surface area contributed by atoms with E-state index < -0.39 is 0 Å². The van der Waals surface area contributed by atoms with Gasteiger partial charge in [-0.15, -0.1) is 11.8 Å². The lowest BCUT2D eigenvalue weighted by atomic mass is 10.1. The topological polar surface area (TPSA) is 307 Å². The van der Waals surface area contributed by atoms with Gasteiger partial charge >= 0.3 is 0 Å². The minimum Gasteiger partial charge on any atom is -0.508 e. The number of aryl methyl sites for hydroxylation is 1. The molecule has 0 spiro atoms. The third-order valence-corrected chi connectivity index (χ3v) is 26.7. The predicted octanol–water partition coefficient (Wildman–Crippen LogP) is 18.2. The van der Waals surface area contributed by atoms with E-state index in [0.29, 0.717) is 75.3 Å². The average molecular weight is 1830 g/mol. The largest absolute Gasteiger partial charge is 0.508 e. The average Bonchev–Trinajstić information content (AvgIpc) is 1.97. The number of hydrogen-bond acceptors (Lipinski definition) is 30. The molecule has 606 valence electrons. The summed E-state index contributed by atoms with van der Waals surface area (Å²) in [6, 6.07) is 41.0. The van der Waals surface area contributed by atoms with E-state index in [2.05, 4.69) is 0 Å². The molecule has 0 aromatic heterocycles. The number of aromatic hydroxyl groups is 8. The Hall–Kier alpha value is -9.31. The Morgan fingerprint density at radius 2 is 0.735 bits per heavy atom. The number of thioether (sulfide) groups is 8. The first-order valence-corrected chi connectivity index (χ1v) is 43.0. The van der Waals surface area contributed by atoms with Gasteiger partial charge in [-0.05, 0) is 181 Å². The van der Waals surface area contributed by atoms with Crippen molar-refractivity contribution in [1.82, 2.24) is 24.5 Å². The fourth-order valence-corrected chi connectivity index (χ4v) is 18.5. The molecule has 6 saturated heterocycles. The van der Waals surface area contributed by atoms with E-state index >= 15 is 0 Å². The lowest BCUT2D eigenvalue weighted by Gasteiger charge is -2.09. The maximum Gasteiger partial charge on any atom is 0.266 e. The van der Waals surface area contributed by atoms with Gasteiger partial charge in [0, 0.05) is 68.3 Å².